The molecule has 3 atom stereocenters. The molecule has 0 aliphatic carbocycles. The van der Waals surface area contributed by atoms with Crippen LogP contribution in [-0.2, 0) is 32.0 Å². The van der Waals surface area contributed by atoms with Gasteiger partial charge in [0, 0.05) is 43.6 Å². The van der Waals surface area contributed by atoms with Gasteiger partial charge in [0.2, 0.25) is 23.6 Å². The van der Waals surface area contributed by atoms with Crippen LogP contribution in [0.4, 0.5) is 0 Å². The number of hydrogen-bond donors (Lipinski definition) is 8. The first-order chi connectivity index (χ1) is 24.1. The Labute approximate surface area is 290 Å². The fraction of sp³-hybridized carbons (Fsp3) is 0.333. The van der Waals surface area contributed by atoms with Crippen molar-refractivity contribution in [3.05, 3.63) is 90.3 Å². The summed E-state index contributed by atoms with van der Waals surface area (Å²) in [6.45, 7) is 0.684. The van der Waals surface area contributed by atoms with Crippen molar-refractivity contribution >= 4 is 40.6 Å². The maximum atomic E-state index is 14.0. The van der Waals surface area contributed by atoms with Crippen molar-refractivity contribution < 1.29 is 19.2 Å². The molecular formula is C36H46N10O4. The van der Waals surface area contributed by atoms with Crippen LogP contribution >= 0.6 is 0 Å². The maximum Gasteiger partial charge on any atom is 0.243 e. The van der Waals surface area contributed by atoms with E-state index in [1.165, 1.54) is 0 Å². The zero-order valence-corrected chi connectivity index (χ0v) is 27.9. The summed E-state index contributed by atoms with van der Waals surface area (Å²) < 4.78 is 0. The van der Waals surface area contributed by atoms with Crippen LogP contribution in [0.3, 0.4) is 0 Å². The minimum Gasteiger partial charge on any atom is -0.370 e. The molecule has 0 aliphatic rings. The number of aromatic amines is 1. The average molecular weight is 683 g/mol. The molecule has 0 spiro atoms. The van der Waals surface area contributed by atoms with Crippen molar-refractivity contribution in [2.45, 2.75) is 63.1 Å². The number of hydrogen-bond acceptors (Lipinski definition) is 7. The van der Waals surface area contributed by atoms with Crippen LogP contribution in [0.1, 0.15) is 43.2 Å². The highest BCUT2D eigenvalue weighted by Gasteiger charge is 2.30. The van der Waals surface area contributed by atoms with E-state index in [9.17, 15) is 19.2 Å². The Balaban J connectivity index is 1.57. The molecule has 2 aromatic heterocycles. The lowest BCUT2D eigenvalue weighted by Crippen LogP contribution is -2.57. The third-order valence-electron chi connectivity index (χ3n) is 8.21. The van der Waals surface area contributed by atoms with Crippen molar-refractivity contribution in [1.82, 2.24) is 25.9 Å². The fourth-order valence-electron chi connectivity index (χ4n) is 5.55. The van der Waals surface area contributed by atoms with Crippen molar-refractivity contribution in [1.29, 1.82) is 0 Å². The van der Waals surface area contributed by atoms with Crippen LogP contribution in [-0.4, -0.2) is 70.8 Å². The number of pyridine rings is 1. The first kappa shape index (κ1) is 37.1. The molecule has 0 fully saturated rings. The molecule has 0 aliphatic heterocycles. The number of nitrogens with zero attached hydrogens (tertiary/aromatic N) is 2. The van der Waals surface area contributed by atoms with Gasteiger partial charge in [-0.05, 0) is 66.6 Å². The monoisotopic (exact) mass is 682 g/mol. The summed E-state index contributed by atoms with van der Waals surface area (Å²) >= 11 is 0. The molecule has 12 N–H and O–H groups in total. The summed E-state index contributed by atoms with van der Waals surface area (Å²) in [5, 5.41) is 9.21. The summed E-state index contributed by atoms with van der Waals surface area (Å²) in [6.07, 6.45) is 5.55. The number of guanidine groups is 1. The van der Waals surface area contributed by atoms with Crippen LogP contribution in [0.15, 0.2) is 84.1 Å². The normalized spacial score (nSPS) is 12.7. The number of carbonyl (C=O) groups excluding carboxylic acids is 4. The molecule has 2 aromatic carbocycles. The predicted octanol–water partition coefficient (Wildman–Crippen LogP) is 1.14. The summed E-state index contributed by atoms with van der Waals surface area (Å²) in [5.41, 5.74) is 26.2. The molecule has 2 heterocycles. The van der Waals surface area contributed by atoms with E-state index in [0.29, 0.717) is 38.0 Å². The van der Waals surface area contributed by atoms with Gasteiger partial charge in [-0.25, -0.2) is 4.98 Å². The molecule has 4 rings (SSSR count). The Hall–Kier alpha value is -5.76. The summed E-state index contributed by atoms with van der Waals surface area (Å²) in [4.78, 5) is 64.4. The standard InChI is InChI=1S/C36H46N10O4/c37-17-6-12-31(47)44-30(21-26-22-43-33-27(26)10-7-19-41-33)35(50)46-29(20-23-13-15-25(16-14-23)24-8-2-1-3-9-24)34(49)45-28(32(38)48)11-4-5-18-42-36(39)40/h1-3,7-10,13-16,19,22,28-30H,4-6,11-12,17-18,20-21,37H2,(H2,38,48)(H,41,43)(H,44,47)(H,45,49)(H,46,50)(H4,39,40,42)/t28-,29-,30-/m0/s1. The molecule has 264 valence electrons. The Morgan fingerprint density at radius 1 is 0.760 bits per heavy atom. The lowest BCUT2D eigenvalue weighted by Gasteiger charge is -2.25. The molecule has 50 heavy (non-hydrogen) atoms. The number of primary amides is 1. The smallest absolute Gasteiger partial charge is 0.243 e. The second-order valence-electron chi connectivity index (χ2n) is 12.0. The highest BCUT2D eigenvalue weighted by atomic mass is 16.2. The number of rotatable bonds is 19. The molecule has 14 nitrogen and oxygen atoms in total. The second kappa shape index (κ2) is 18.7. The molecular weight excluding hydrogens is 636 g/mol. The van der Waals surface area contributed by atoms with Gasteiger partial charge in [-0.15, -0.1) is 0 Å². The van der Waals surface area contributed by atoms with Crippen molar-refractivity contribution in [3.8, 4) is 11.1 Å². The molecule has 0 unspecified atom stereocenters. The van der Waals surface area contributed by atoms with Crippen LogP contribution in [0.2, 0.25) is 0 Å². The molecule has 4 aromatic rings. The molecule has 0 radical (unpaired) electrons. The number of unbranched alkanes of at least 4 members (excludes halogenated alkanes) is 1. The number of aliphatic imine (C=N–C) groups is 1. The Bertz CT molecular complexity index is 1750. The van der Waals surface area contributed by atoms with E-state index in [-0.39, 0.29) is 37.6 Å². The fourth-order valence-corrected chi connectivity index (χ4v) is 5.55. The van der Waals surface area contributed by atoms with Gasteiger partial charge >= 0.3 is 0 Å². The van der Waals surface area contributed by atoms with E-state index in [4.69, 9.17) is 22.9 Å². The number of H-pyrrole nitrogens is 1. The Morgan fingerprint density at radius 3 is 2.12 bits per heavy atom. The van der Waals surface area contributed by atoms with Gasteiger partial charge in [0.15, 0.2) is 5.96 Å². The average Bonchev–Trinajstić information content (AvgIpc) is 3.52. The zero-order valence-electron chi connectivity index (χ0n) is 27.9. The summed E-state index contributed by atoms with van der Waals surface area (Å²) in [6, 6.07) is 18.0. The van der Waals surface area contributed by atoms with Crippen molar-refractivity contribution in [2.24, 2.45) is 27.9 Å². The van der Waals surface area contributed by atoms with E-state index < -0.39 is 35.8 Å². The van der Waals surface area contributed by atoms with Gasteiger partial charge in [-0.1, -0.05) is 54.6 Å². The first-order valence-electron chi connectivity index (χ1n) is 16.6. The quantitative estimate of drug-likeness (QED) is 0.0404. The van der Waals surface area contributed by atoms with Crippen molar-refractivity contribution in [2.75, 3.05) is 13.1 Å². The number of benzene rings is 2. The summed E-state index contributed by atoms with van der Waals surface area (Å²) in [5.74, 6) is -2.26. The van der Waals surface area contributed by atoms with E-state index in [1.54, 1.807) is 18.5 Å². The zero-order chi connectivity index (χ0) is 35.9. The first-order valence-corrected chi connectivity index (χ1v) is 16.6. The van der Waals surface area contributed by atoms with E-state index in [2.05, 4.69) is 30.9 Å². The number of carbonyl (C=O) groups is 4. The van der Waals surface area contributed by atoms with Crippen molar-refractivity contribution in [3.63, 3.8) is 0 Å². The molecule has 0 bridgehead atoms. The summed E-state index contributed by atoms with van der Waals surface area (Å²) in [7, 11) is 0. The largest absolute Gasteiger partial charge is 0.370 e. The van der Waals surface area contributed by atoms with Gasteiger partial charge in [0.1, 0.15) is 23.8 Å². The highest BCUT2D eigenvalue weighted by Crippen LogP contribution is 2.21. The number of nitrogens with two attached hydrogens (primary N) is 4. The van der Waals surface area contributed by atoms with Crippen LogP contribution in [0.25, 0.3) is 22.2 Å². The molecule has 0 saturated carbocycles. The van der Waals surface area contributed by atoms with E-state index in [1.807, 2.05) is 60.7 Å². The number of aromatic nitrogens is 2. The Kier molecular flexibility index (Phi) is 13.9. The number of amides is 4. The van der Waals surface area contributed by atoms with Gasteiger partial charge in [0.05, 0.1) is 0 Å². The van der Waals surface area contributed by atoms with Crippen LogP contribution < -0.4 is 38.9 Å². The van der Waals surface area contributed by atoms with Gasteiger partial charge in [-0.3, -0.25) is 24.2 Å². The third kappa shape index (κ3) is 11.2. The maximum absolute atomic E-state index is 14.0. The second-order valence-corrected chi connectivity index (χ2v) is 12.0. The van der Waals surface area contributed by atoms with E-state index in [0.717, 1.165) is 27.6 Å². The lowest BCUT2D eigenvalue weighted by atomic mass is 9.99. The van der Waals surface area contributed by atoms with Gasteiger partial charge in [-0.2, -0.15) is 0 Å². The Morgan fingerprint density at radius 2 is 1.44 bits per heavy atom. The predicted molar refractivity (Wildman–Crippen MR) is 193 cm³/mol. The highest BCUT2D eigenvalue weighted by molar-refractivity contribution is 5.94. The van der Waals surface area contributed by atoms with Gasteiger partial charge in [0.25, 0.3) is 0 Å². The lowest BCUT2D eigenvalue weighted by molar-refractivity contribution is -0.133. The molecule has 0 saturated heterocycles. The SMILES string of the molecule is NCCCC(=O)N[C@@H](Cc1c[nH]c2ncccc12)C(=O)N[C@@H](Cc1ccc(-c2ccccc2)cc1)C(=O)N[C@@H](CCCCN=C(N)N)C(N)=O. The number of nitrogens with one attached hydrogen (secondary N) is 4. The number of fused-ring (bicyclic) bond motifs is 1. The van der Waals surface area contributed by atoms with Crippen LogP contribution in [0, 0.1) is 0 Å². The van der Waals surface area contributed by atoms with Crippen LogP contribution in [0.5, 0.6) is 0 Å². The minimum atomic E-state index is -1.11. The minimum absolute atomic E-state index is 0.0321. The molecule has 4 amide bonds. The third-order valence-corrected chi connectivity index (χ3v) is 8.21. The van der Waals surface area contributed by atoms with Gasteiger partial charge < -0.3 is 43.9 Å². The topological polar surface area (TPSA) is 249 Å². The van der Waals surface area contributed by atoms with E-state index >= 15 is 0 Å². The molecule has 14 heteroatoms.